The second-order valence-electron chi connectivity index (χ2n) is 7.25. The Morgan fingerprint density at radius 1 is 0.879 bits per heavy atom. The molecule has 0 heterocycles. The molecule has 14 nitrogen and oxygen atoms in total. The third-order valence-electron chi connectivity index (χ3n) is 4.36. The molecule has 0 aromatic heterocycles. The van der Waals surface area contributed by atoms with Crippen LogP contribution in [0.2, 0.25) is 0 Å². The molecule has 15 heteroatoms. The number of nitrogens with two attached hydrogens (primary N) is 3. The van der Waals surface area contributed by atoms with Crippen LogP contribution >= 0.6 is 11.8 Å². The zero-order chi connectivity index (χ0) is 25.7. The lowest BCUT2D eigenvalue weighted by atomic mass is 10.1. The summed E-state index contributed by atoms with van der Waals surface area (Å²) in [5.74, 6) is -5.26. The third-order valence-corrected chi connectivity index (χ3v) is 5.00. The van der Waals surface area contributed by atoms with Crippen molar-refractivity contribution in [2.24, 2.45) is 17.2 Å². The quantitative estimate of drug-likeness (QED) is 0.104. The number of aliphatic hydroxyl groups is 1. The SMILES string of the molecule is CSCCC(NC(=O)C(NC(=O)C(N)CC(N)=O)C(C)O)C(=O)NC(CCC(N)=O)C(=O)O. The first-order chi connectivity index (χ1) is 15.3. The highest BCUT2D eigenvalue weighted by Gasteiger charge is 2.32. The topological polar surface area (TPSA) is 257 Å². The Morgan fingerprint density at radius 2 is 1.45 bits per heavy atom. The van der Waals surface area contributed by atoms with Gasteiger partial charge >= 0.3 is 5.97 Å². The lowest BCUT2D eigenvalue weighted by Crippen LogP contribution is -2.60. The summed E-state index contributed by atoms with van der Waals surface area (Å²) in [6.45, 7) is 1.21. The van der Waals surface area contributed by atoms with E-state index in [-0.39, 0.29) is 19.3 Å². The van der Waals surface area contributed by atoms with Gasteiger partial charge in [-0.1, -0.05) is 0 Å². The number of carbonyl (C=O) groups is 6. The Labute approximate surface area is 194 Å². The Balaban J connectivity index is 5.40. The molecule has 5 amide bonds. The number of hydrogen-bond donors (Lipinski definition) is 8. The zero-order valence-electron chi connectivity index (χ0n) is 18.4. The molecule has 0 spiro atoms. The van der Waals surface area contributed by atoms with Gasteiger partial charge in [0.2, 0.25) is 29.5 Å². The number of carbonyl (C=O) groups excluding carboxylic acids is 5. The van der Waals surface area contributed by atoms with E-state index in [1.54, 1.807) is 6.26 Å². The molecule has 5 atom stereocenters. The van der Waals surface area contributed by atoms with Crippen molar-refractivity contribution in [2.45, 2.75) is 62.9 Å². The second kappa shape index (κ2) is 15.0. The molecule has 11 N–H and O–H groups in total. The molecule has 0 bridgehead atoms. The third kappa shape index (κ3) is 12.1. The highest BCUT2D eigenvalue weighted by molar-refractivity contribution is 7.98. The largest absolute Gasteiger partial charge is 0.480 e. The van der Waals surface area contributed by atoms with Gasteiger partial charge in [-0.3, -0.25) is 24.0 Å². The number of hydrogen-bond acceptors (Lipinski definition) is 9. The fourth-order valence-electron chi connectivity index (χ4n) is 2.56. The Morgan fingerprint density at radius 3 is 1.91 bits per heavy atom. The molecule has 0 radical (unpaired) electrons. The first-order valence-corrected chi connectivity index (χ1v) is 11.3. The molecule has 0 rings (SSSR count). The van der Waals surface area contributed by atoms with Crippen LogP contribution < -0.4 is 33.2 Å². The van der Waals surface area contributed by atoms with Crippen molar-refractivity contribution in [1.29, 1.82) is 0 Å². The number of rotatable bonds is 16. The van der Waals surface area contributed by atoms with Crippen LogP contribution in [0.5, 0.6) is 0 Å². The molecule has 0 aromatic carbocycles. The number of thioether (sulfide) groups is 1. The van der Waals surface area contributed by atoms with Crippen LogP contribution in [0.1, 0.15) is 32.6 Å². The van der Waals surface area contributed by atoms with Crippen LogP contribution in [0.25, 0.3) is 0 Å². The monoisotopic (exact) mass is 492 g/mol. The number of carboxylic acids is 1. The number of primary amides is 2. The average Bonchev–Trinajstić information content (AvgIpc) is 2.70. The molecular weight excluding hydrogens is 460 g/mol. The standard InChI is InChI=1S/C18H32N6O8S/c1-8(25)14(24-15(28)9(19)7-13(21)27)17(30)22-10(5-6-33-2)16(29)23-11(18(31)32)3-4-12(20)26/h8-11,14,25H,3-7,19H2,1-2H3,(H2,20,26)(H2,21,27)(H,22,30)(H,23,29)(H,24,28)(H,31,32). The Hall–Kier alpha value is -2.91. The smallest absolute Gasteiger partial charge is 0.326 e. The minimum atomic E-state index is -1.52. The van der Waals surface area contributed by atoms with Crippen molar-refractivity contribution in [1.82, 2.24) is 16.0 Å². The number of carboxylic acid groups (broad SMARTS) is 1. The average molecular weight is 493 g/mol. The normalized spacial score (nSPS) is 15.3. The van der Waals surface area contributed by atoms with E-state index in [0.717, 1.165) is 0 Å². The van der Waals surface area contributed by atoms with Crippen molar-refractivity contribution >= 4 is 47.3 Å². The van der Waals surface area contributed by atoms with E-state index in [1.807, 2.05) is 0 Å². The highest BCUT2D eigenvalue weighted by Crippen LogP contribution is 2.06. The fourth-order valence-corrected chi connectivity index (χ4v) is 3.03. The minimum absolute atomic E-state index is 0.0998. The zero-order valence-corrected chi connectivity index (χ0v) is 19.2. The van der Waals surface area contributed by atoms with E-state index in [9.17, 15) is 39.0 Å². The fraction of sp³-hybridized carbons (Fsp3) is 0.667. The highest BCUT2D eigenvalue weighted by atomic mass is 32.2. The summed E-state index contributed by atoms with van der Waals surface area (Å²) >= 11 is 1.36. The van der Waals surface area contributed by atoms with Gasteiger partial charge in [0.05, 0.1) is 18.6 Å². The molecule has 0 aliphatic rings. The van der Waals surface area contributed by atoms with Crippen molar-refractivity contribution in [3.05, 3.63) is 0 Å². The van der Waals surface area contributed by atoms with E-state index in [4.69, 9.17) is 17.2 Å². The summed E-state index contributed by atoms with van der Waals surface area (Å²) in [5, 5.41) is 26.0. The molecule has 0 aromatic rings. The maximum atomic E-state index is 12.7. The van der Waals surface area contributed by atoms with E-state index < -0.39 is 72.2 Å². The van der Waals surface area contributed by atoms with Crippen LogP contribution in [-0.2, 0) is 28.8 Å². The van der Waals surface area contributed by atoms with Crippen LogP contribution in [0.4, 0.5) is 0 Å². The minimum Gasteiger partial charge on any atom is -0.480 e. The predicted molar refractivity (Wildman–Crippen MR) is 118 cm³/mol. The van der Waals surface area contributed by atoms with Gasteiger partial charge in [0.15, 0.2) is 0 Å². The second-order valence-corrected chi connectivity index (χ2v) is 8.24. The first-order valence-electron chi connectivity index (χ1n) is 9.93. The molecular formula is C18H32N6O8S. The van der Waals surface area contributed by atoms with Gasteiger partial charge in [-0.05, 0) is 31.8 Å². The van der Waals surface area contributed by atoms with Gasteiger partial charge in [0, 0.05) is 6.42 Å². The van der Waals surface area contributed by atoms with E-state index in [0.29, 0.717) is 5.75 Å². The molecule has 33 heavy (non-hydrogen) atoms. The van der Waals surface area contributed by atoms with Crippen LogP contribution in [-0.4, -0.2) is 88.0 Å². The molecule has 188 valence electrons. The van der Waals surface area contributed by atoms with Crippen LogP contribution in [0.3, 0.4) is 0 Å². The van der Waals surface area contributed by atoms with Crippen LogP contribution in [0.15, 0.2) is 0 Å². The van der Waals surface area contributed by atoms with Gasteiger partial charge in [0.25, 0.3) is 0 Å². The molecule has 0 aliphatic heterocycles. The lowest BCUT2D eigenvalue weighted by molar-refractivity contribution is -0.142. The molecule has 0 saturated carbocycles. The summed E-state index contributed by atoms with van der Waals surface area (Å²) in [7, 11) is 0. The van der Waals surface area contributed by atoms with Gasteiger partial charge in [0.1, 0.15) is 18.1 Å². The number of aliphatic hydroxyl groups excluding tert-OH is 1. The molecule has 0 saturated heterocycles. The van der Waals surface area contributed by atoms with Gasteiger partial charge in [-0.2, -0.15) is 11.8 Å². The van der Waals surface area contributed by atoms with Crippen molar-refractivity contribution in [2.75, 3.05) is 12.0 Å². The molecule has 5 unspecified atom stereocenters. The summed E-state index contributed by atoms with van der Waals surface area (Å²) in [6.07, 6.45) is -0.558. The predicted octanol–water partition coefficient (Wildman–Crippen LogP) is -3.87. The lowest BCUT2D eigenvalue weighted by Gasteiger charge is -2.26. The first kappa shape index (κ1) is 30.1. The Kier molecular flexibility index (Phi) is 13.7. The van der Waals surface area contributed by atoms with Crippen molar-refractivity contribution in [3.63, 3.8) is 0 Å². The maximum Gasteiger partial charge on any atom is 0.326 e. The van der Waals surface area contributed by atoms with Crippen molar-refractivity contribution < 1.29 is 39.0 Å². The molecule has 0 aliphatic carbocycles. The maximum absolute atomic E-state index is 12.7. The number of amides is 5. The van der Waals surface area contributed by atoms with Crippen molar-refractivity contribution in [3.8, 4) is 0 Å². The van der Waals surface area contributed by atoms with Gasteiger partial charge < -0.3 is 43.4 Å². The van der Waals surface area contributed by atoms with E-state index in [2.05, 4.69) is 16.0 Å². The van der Waals surface area contributed by atoms with E-state index >= 15 is 0 Å². The van der Waals surface area contributed by atoms with Gasteiger partial charge in [-0.15, -0.1) is 0 Å². The van der Waals surface area contributed by atoms with E-state index in [1.165, 1.54) is 18.7 Å². The summed E-state index contributed by atoms with van der Waals surface area (Å²) < 4.78 is 0. The van der Waals surface area contributed by atoms with Crippen LogP contribution in [0, 0.1) is 0 Å². The Bertz CT molecular complexity index is 735. The number of nitrogens with one attached hydrogen (secondary N) is 3. The summed E-state index contributed by atoms with van der Waals surface area (Å²) in [6, 6.07) is -5.50. The molecule has 0 fully saturated rings. The van der Waals surface area contributed by atoms with Gasteiger partial charge in [-0.25, -0.2) is 4.79 Å². The number of aliphatic carboxylic acids is 1. The summed E-state index contributed by atoms with van der Waals surface area (Å²) in [5.41, 5.74) is 15.5. The summed E-state index contributed by atoms with van der Waals surface area (Å²) in [4.78, 5) is 70.7.